The van der Waals surface area contributed by atoms with Gasteiger partial charge in [0.2, 0.25) is 0 Å². The molecule has 0 unspecified atom stereocenters. The second-order valence-corrected chi connectivity index (χ2v) is 15.2. The average molecular weight is 692 g/mol. The van der Waals surface area contributed by atoms with Crippen molar-refractivity contribution in [2.75, 3.05) is 4.90 Å². The number of rotatable bonds is 5. The van der Waals surface area contributed by atoms with E-state index in [1.807, 2.05) is 6.08 Å². The Balaban J connectivity index is 1.27. The van der Waals surface area contributed by atoms with Crippen LogP contribution in [-0.2, 0) is 10.8 Å². The van der Waals surface area contributed by atoms with E-state index in [1.165, 1.54) is 77.9 Å². The van der Waals surface area contributed by atoms with E-state index in [9.17, 15) is 0 Å². The van der Waals surface area contributed by atoms with Gasteiger partial charge in [-0.1, -0.05) is 172 Å². The smallest absolute Gasteiger partial charge is 0.0726 e. The lowest BCUT2D eigenvalue weighted by atomic mass is 9.70. The maximum absolute atomic E-state index is 4.23. The van der Waals surface area contributed by atoms with Gasteiger partial charge < -0.3 is 4.90 Å². The standard InChI is InChI=1S/C53H41N/c1-5-18-46-38(6-2)43-31-29-37(34-50(43)53(46)47-26-15-11-23-41(47)42-24-12-16-27-48(42)53)54(51-28-17-13-21-39(51)35-19-8-7-9-20-35)36-30-32-44-40-22-10-14-25-45(40)52(3,4)49(44)33-36/h5-34H,1H2,2-4H3/b38-6-,46-18?. The monoisotopic (exact) mass is 691 g/mol. The van der Waals surface area contributed by atoms with E-state index in [4.69, 9.17) is 0 Å². The topological polar surface area (TPSA) is 3.24 Å². The van der Waals surface area contributed by atoms with Gasteiger partial charge in [0.1, 0.15) is 0 Å². The van der Waals surface area contributed by atoms with Crippen molar-refractivity contribution in [3.05, 3.63) is 228 Å². The van der Waals surface area contributed by atoms with E-state index in [0.29, 0.717) is 0 Å². The minimum Gasteiger partial charge on any atom is -0.310 e. The number of benzene rings is 7. The molecule has 3 aliphatic carbocycles. The Hall–Kier alpha value is -6.44. The summed E-state index contributed by atoms with van der Waals surface area (Å²) in [6.45, 7) is 11.1. The molecule has 0 N–H and O–H groups in total. The van der Waals surface area contributed by atoms with E-state index in [1.54, 1.807) is 0 Å². The Kier molecular flexibility index (Phi) is 7.19. The number of para-hydroxylation sites is 1. The zero-order valence-electron chi connectivity index (χ0n) is 31.0. The minimum absolute atomic E-state index is 0.128. The molecule has 54 heavy (non-hydrogen) atoms. The number of allylic oxidation sites excluding steroid dienone is 5. The summed E-state index contributed by atoms with van der Waals surface area (Å²) < 4.78 is 0. The van der Waals surface area contributed by atoms with Crippen molar-refractivity contribution in [3.63, 3.8) is 0 Å². The molecule has 0 fully saturated rings. The largest absolute Gasteiger partial charge is 0.310 e. The molecule has 1 spiro atoms. The number of nitrogens with zero attached hydrogens (tertiary/aromatic N) is 1. The summed E-state index contributed by atoms with van der Waals surface area (Å²) in [5, 5.41) is 0. The van der Waals surface area contributed by atoms with Gasteiger partial charge in [-0.3, -0.25) is 0 Å². The van der Waals surface area contributed by atoms with Crippen LogP contribution in [0.2, 0.25) is 0 Å². The van der Waals surface area contributed by atoms with Crippen molar-refractivity contribution in [2.24, 2.45) is 0 Å². The van der Waals surface area contributed by atoms with Crippen LogP contribution in [0.3, 0.4) is 0 Å². The fourth-order valence-corrected chi connectivity index (χ4v) is 9.96. The third kappa shape index (κ3) is 4.33. The number of anilines is 3. The highest BCUT2D eigenvalue weighted by atomic mass is 15.1. The van der Waals surface area contributed by atoms with Gasteiger partial charge >= 0.3 is 0 Å². The molecule has 10 rings (SSSR count). The Morgan fingerprint density at radius 3 is 1.61 bits per heavy atom. The second-order valence-electron chi connectivity index (χ2n) is 15.2. The first-order valence-corrected chi connectivity index (χ1v) is 19.0. The molecule has 0 saturated heterocycles. The van der Waals surface area contributed by atoms with Crippen LogP contribution in [0.15, 0.2) is 194 Å². The molecule has 0 amide bonds. The van der Waals surface area contributed by atoms with Gasteiger partial charge in [-0.15, -0.1) is 0 Å². The lowest BCUT2D eigenvalue weighted by Gasteiger charge is -2.33. The first kappa shape index (κ1) is 32.2. The maximum Gasteiger partial charge on any atom is 0.0726 e. The fourth-order valence-electron chi connectivity index (χ4n) is 9.96. The lowest BCUT2D eigenvalue weighted by molar-refractivity contribution is 0.660. The van der Waals surface area contributed by atoms with Gasteiger partial charge in [0, 0.05) is 22.4 Å². The molecule has 1 heteroatoms. The summed E-state index contributed by atoms with van der Waals surface area (Å²) in [7, 11) is 0. The van der Waals surface area contributed by atoms with Crippen molar-refractivity contribution in [3.8, 4) is 33.4 Å². The third-order valence-electron chi connectivity index (χ3n) is 12.2. The summed E-state index contributed by atoms with van der Waals surface area (Å²) in [5.41, 5.74) is 20.9. The van der Waals surface area contributed by atoms with Gasteiger partial charge in [-0.25, -0.2) is 0 Å². The zero-order valence-corrected chi connectivity index (χ0v) is 31.0. The predicted octanol–water partition coefficient (Wildman–Crippen LogP) is 14.0. The number of hydrogen-bond donors (Lipinski definition) is 0. The fraction of sp³-hybridized carbons (Fsp3) is 0.0943. The van der Waals surface area contributed by atoms with Gasteiger partial charge in [0.05, 0.1) is 11.1 Å². The second kappa shape index (κ2) is 12.0. The maximum atomic E-state index is 4.23. The summed E-state index contributed by atoms with van der Waals surface area (Å²) in [5.74, 6) is 0. The van der Waals surface area contributed by atoms with E-state index >= 15 is 0 Å². The lowest BCUT2D eigenvalue weighted by Crippen LogP contribution is -2.26. The van der Waals surface area contributed by atoms with Gasteiger partial charge in [-0.2, -0.15) is 0 Å². The molecule has 7 aromatic rings. The SMILES string of the molecule is C=CC=C1/C(=C\C)c2ccc(N(c3ccc4c(c3)C(C)(C)c3ccccc3-4)c3ccccc3-c3ccccc3)cc2C12c1ccccc1-c1ccccc12. The van der Waals surface area contributed by atoms with E-state index < -0.39 is 5.41 Å². The summed E-state index contributed by atoms with van der Waals surface area (Å²) in [6.07, 6.45) is 6.50. The van der Waals surface area contributed by atoms with Crippen LogP contribution in [-0.4, -0.2) is 0 Å². The van der Waals surface area contributed by atoms with Gasteiger partial charge in [0.25, 0.3) is 0 Å². The van der Waals surface area contributed by atoms with Crippen LogP contribution in [0.5, 0.6) is 0 Å². The molecule has 0 aliphatic heterocycles. The highest BCUT2D eigenvalue weighted by Gasteiger charge is 2.53. The molecule has 0 bridgehead atoms. The van der Waals surface area contributed by atoms with E-state index in [0.717, 1.165) is 17.1 Å². The van der Waals surface area contributed by atoms with Crippen LogP contribution in [0.4, 0.5) is 17.1 Å². The van der Waals surface area contributed by atoms with Crippen molar-refractivity contribution in [1.29, 1.82) is 0 Å². The van der Waals surface area contributed by atoms with E-state index in [-0.39, 0.29) is 5.41 Å². The van der Waals surface area contributed by atoms with Crippen LogP contribution in [0.1, 0.15) is 54.2 Å². The van der Waals surface area contributed by atoms with Crippen molar-refractivity contribution in [1.82, 2.24) is 0 Å². The quantitative estimate of drug-likeness (QED) is 0.174. The summed E-state index contributed by atoms with van der Waals surface area (Å²) in [6, 6.07) is 60.8. The van der Waals surface area contributed by atoms with Crippen LogP contribution in [0.25, 0.3) is 39.0 Å². The number of hydrogen-bond acceptors (Lipinski definition) is 1. The normalized spacial score (nSPS) is 16.5. The molecule has 0 heterocycles. The summed E-state index contributed by atoms with van der Waals surface area (Å²) >= 11 is 0. The van der Waals surface area contributed by atoms with Crippen molar-refractivity contribution in [2.45, 2.75) is 31.6 Å². The minimum atomic E-state index is -0.485. The molecule has 0 aromatic heterocycles. The molecule has 3 aliphatic rings. The third-order valence-corrected chi connectivity index (χ3v) is 12.2. The molecule has 0 radical (unpaired) electrons. The molecule has 258 valence electrons. The molecule has 7 aromatic carbocycles. The zero-order chi connectivity index (χ0) is 36.6. The first-order valence-electron chi connectivity index (χ1n) is 19.0. The van der Waals surface area contributed by atoms with Crippen LogP contribution < -0.4 is 4.90 Å². The van der Waals surface area contributed by atoms with Gasteiger partial charge in [-0.05, 0) is 110 Å². The Labute approximate surface area is 318 Å². The first-order chi connectivity index (χ1) is 26.5. The predicted molar refractivity (Wildman–Crippen MR) is 228 cm³/mol. The molecular weight excluding hydrogens is 651 g/mol. The Bertz CT molecular complexity index is 2680. The molecular formula is C53H41N. The van der Waals surface area contributed by atoms with Crippen LogP contribution in [0, 0.1) is 0 Å². The van der Waals surface area contributed by atoms with Crippen molar-refractivity contribution < 1.29 is 0 Å². The Morgan fingerprint density at radius 1 is 0.481 bits per heavy atom. The Morgan fingerprint density at radius 2 is 0.981 bits per heavy atom. The highest BCUT2D eigenvalue weighted by molar-refractivity contribution is 6.01. The molecule has 1 nitrogen and oxygen atoms in total. The van der Waals surface area contributed by atoms with E-state index in [2.05, 4.69) is 208 Å². The number of fused-ring (bicyclic) bond motifs is 10. The van der Waals surface area contributed by atoms with Gasteiger partial charge in [0.15, 0.2) is 0 Å². The summed E-state index contributed by atoms with van der Waals surface area (Å²) in [4.78, 5) is 2.49. The average Bonchev–Trinajstić information content (AvgIpc) is 3.76. The molecule has 0 atom stereocenters. The van der Waals surface area contributed by atoms with Crippen LogP contribution >= 0.6 is 0 Å². The van der Waals surface area contributed by atoms with Crippen molar-refractivity contribution >= 4 is 22.6 Å². The highest BCUT2D eigenvalue weighted by Crippen LogP contribution is 2.64. The molecule has 0 saturated carbocycles.